The van der Waals surface area contributed by atoms with Crippen LogP contribution in [0.3, 0.4) is 0 Å². The summed E-state index contributed by atoms with van der Waals surface area (Å²) in [5.74, 6) is -0.377. The van der Waals surface area contributed by atoms with Crippen LogP contribution < -0.4 is 15.8 Å². The van der Waals surface area contributed by atoms with Crippen molar-refractivity contribution in [2.75, 3.05) is 15.8 Å². The minimum Gasteiger partial charge on any atom is -0.378 e. The van der Waals surface area contributed by atoms with Crippen molar-refractivity contribution in [1.29, 1.82) is 0 Å². The first kappa shape index (κ1) is 17.5. The maximum atomic E-state index is 12.3. The van der Waals surface area contributed by atoms with Crippen molar-refractivity contribution >= 4 is 49.5 Å². The maximum absolute atomic E-state index is 12.3. The molecule has 0 aliphatic carbocycles. The normalized spacial score (nSPS) is 11.1. The second-order valence-corrected chi connectivity index (χ2v) is 7.38. The Labute approximate surface area is 151 Å². The van der Waals surface area contributed by atoms with Gasteiger partial charge in [0, 0.05) is 17.3 Å². The molecule has 2 aromatic heterocycles. The number of hydrogen-bond acceptors (Lipinski definition) is 10. The summed E-state index contributed by atoms with van der Waals surface area (Å²) in [6, 6.07) is 5.57. The third-order valence-corrected chi connectivity index (χ3v) is 5.29. The van der Waals surface area contributed by atoms with Crippen LogP contribution >= 0.6 is 11.3 Å². The predicted octanol–water partition coefficient (Wildman–Crippen LogP) is 1.97. The first-order valence-electron chi connectivity index (χ1n) is 6.91. The quantitative estimate of drug-likeness (QED) is 0.419. The zero-order valence-corrected chi connectivity index (χ0v) is 14.5. The Morgan fingerprint density at radius 2 is 1.88 bits per heavy atom. The number of anilines is 4. The van der Waals surface area contributed by atoms with E-state index in [2.05, 4.69) is 25.0 Å². The molecular weight excluding hydrogens is 382 g/mol. The molecule has 0 radical (unpaired) electrons. The fourth-order valence-electron chi connectivity index (χ4n) is 1.97. The molecule has 0 bridgehead atoms. The molecule has 4 N–H and O–H groups in total. The molecule has 0 unspecified atom stereocenters. The van der Waals surface area contributed by atoms with Crippen LogP contribution in [0.15, 0.2) is 47.1 Å². The summed E-state index contributed by atoms with van der Waals surface area (Å²) in [5.41, 5.74) is 5.42. The lowest BCUT2D eigenvalue weighted by atomic mass is 10.3. The Morgan fingerprint density at radius 3 is 2.50 bits per heavy atom. The van der Waals surface area contributed by atoms with Gasteiger partial charge in [-0.2, -0.15) is 0 Å². The van der Waals surface area contributed by atoms with E-state index in [1.807, 2.05) is 0 Å². The summed E-state index contributed by atoms with van der Waals surface area (Å²) in [7, 11) is -3.78. The minimum absolute atomic E-state index is 0.00921. The van der Waals surface area contributed by atoms with Crippen LogP contribution in [0.2, 0.25) is 0 Å². The summed E-state index contributed by atoms with van der Waals surface area (Å²) in [6.45, 7) is 0. The molecule has 0 amide bonds. The van der Waals surface area contributed by atoms with Gasteiger partial charge in [0.05, 0.1) is 9.82 Å². The van der Waals surface area contributed by atoms with Gasteiger partial charge in [-0.15, -0.1) is 11.3 Å². The molecule has 13 heteroatoms. The Balaban J connectivity index is 1.83. The Bertz CT molecular complexity index is 1040. The van der Waals surface area contributed by atoms with Crippen molar-refractivity contribution in [3.05, 3.63) is 52.3 Å². The van der Waals surface area contributed by atoms with Gasteiger partial charge in [0.25, 0.3) is 10.0 Å². The second-order valence-electron chi connectivity index (χ2n) is 4.81. The monoisotopic (exact) mass is 393 g/mol. The minimum atomic E-state index is -3.78. The molecule has 0 saturated heterocycles. The standard InChI is InChI=1S/C13H11N7O4S2/c14-11-10(20(21)22)12(17-7-16-11)18-8-1-3-9(4-2-8)26(23,24)19-13-15-5-6-25-13/h1-7H,(H,15,19)(H3,14,16,17,18). The van der Waals surface area contributed by atoms with E-state index in [1.165, 1.54) is 30.5 Å². The average Bonchev–Trinajstić information content (AvgIpc) is 3.07. The molecule has 0 saturated carbocycles. The van der Waals surface area contributed by atoms with E-state index in [9.17, 15) is 18.5 Å². The number of nitrogens with zero attached hydrogens (tertiary/aromatic N) is 4. The van der Waals surface area contributed by atoms with E-state index in [4.69, 9.17) is 5.73 Å². The van der Waals surface area contributed by atoms with Gasteiger partial charge < -0.3 is 11.1 Å². The van der Waals surface area contributed by atoms with Gasteiger partial charge in [-0.3, -0.25) is 14.8 Å². The number of thiazole rings is 1. The first-order chi connectivity index (χ1) is 12.4. The SMILES string of the molecule is Nc1ncnc(Nc2ccc(S(=O)(=O)Nc3nccs3)cc2)c1[N+](=O)[O-]. The zero-order chi connectivity index (χ0) is 18.7. The lowest BCUT2D eigenvalue weighted by molar-refractivity contribution is -0.383. The Kier molecular flexibility index (Phi) is 4.64. The van der Waals surface area contributed by atoms with Crippen molar-refractivity contribution in [1.82, 2.24) is 15.0 Å². The molecular formula is C13H11N7O4S2. The second kappa shape index (κ2) is 6.89. The number of nitrogens with one attached hydrogen (secondary N) is 2. The van der Waals surface area contributed by atoms with E-state index in [0.717, 1.165) is 17.7 Å². The van der Waals surface area contributed by atoms with Crippen LogP contribution in [0, 0.1) is 10.1 Å². The number of aromatic nitrogens is 3. The number of nitrogens with two attached hydrogens (primary N) is 1. The summed E-state index contributed by atoms with van der Waals surface area (Å²) in [5, 5.41) is 15.7. The number of hydrogen-bond donors (Lipinski definition) is 3. The van der Waals surface area contributed by atoms with Crippen LogP contribution in [-0.2, 0) is 10.0 Å². The van der Waals surface area contributed by atoms with Crippen molar-refractivity contribution in [3.8, 4) is 0 Å². The van der Waals surface area contributed by atoms with Crippen LogP contribution in [0.4, 0.5) is 28.1 Å². The largest absolute Gasteiger partial charge is 0.378 e. The highest BCUT2D eigenvalue weighted by Crippen LogP contribution is 2.29. The van der Waals surface area contributed by atoms with Gasteiger partial charge in [-0.25, -0.2) is 23.4 Å². The molecule has 11 nitrogen and oxygen atoms in total. The molecule has 0 fully saturated rings. The third kappa shape index (κ3) is 3.68. The van der Waals surface area contributed by atoms with Crippen molar-refractivity contribution in [2.24, 2.45) is 0 Å². The molecule has 134 valence electrons. The molecule has 0 atom stereocenters. The predicted molar refractivity (Wildman–Crippen MR) is 95.7 cm³/mol. The maximum Gasteiger partial charge on any atom is 0.353 e. The highest BCUT2D eigenvalue weighted by Gasteiger charge is 2.21. The van der Waals surface area contributed by atoms with E-state index in [1.54, 1.807) is 5.38 Å². The fourth-order valence-corrected chi connectivity index (χ4v) is 3.75. The number of nitrogen functional groups attached to an aromatic ring is 1. The lowest BCUT2D eigenvalue weighted by Crippen LogP contribution is -2.12. The molecule has 1 aromatic carbocycles. The number of benzene rings is 1. The number of rotatable bonds is 6. The number of sulfonamides is 1. The number of nitro groups is 1. The summed E-state index contributed by atoms with van der Waals surface area (Å²) in [6.07, 6.45) is 2.57. The van der Waals surface area contributed by atoms with Crippen molar-refractivity contribution in [2.45, 2.75) is 4.90 Å². The van der Waals surface area contributed by atoms with Gasteiger partial charge in [-0.05, 0) is 24.3 Å². The van der Waals surface area contributed by atoms with Crippen molar-refractivity contribution in [3.63, 3.8) is 0 Å². The first-order valence-corrected chi connectivity index (χ1v) is 9.27. The lowest BCUT2D eigenvalue weighted by Gasteiger charge is -2.08. The molecule has 26 heavy (non-hydrogen) atoms. The molecule has 0 aliphatic rings. The van der Waals surface area contributed by atoms with Gasteiger partial charge >= 0.3 is 5.69 Å². The molecule has 0 spiro atoms. The molecule has 3 aromatic rings. The van der Waals surface area contributed by atoms with Crippen LogP contribution in [0.1, 0.15) is 0 Å². The summed E-state index contributed by atoms with van der Waals surface area (Å²) < 4.78 is 26.9. The van der Waals surface area contributed by atoms with Gasteiger partial charge in [0.2, 0.25) is 11.6 Å². The summed E-state index contributed by atoms with van der Waals surface area (Å²) in [4.78, 5) is 21.6. The Morgan fingerprint density at radius 1 is 1.15 bits per heavy atom. The van der Waals surface area contributed by atoms with E-state index >= 15 is 0 Å². The molecule has 2 heterocycles. The van der Waals surface area contributed by atoms with Crippen LogP contribution in [0.25, 0.3) is 0 Å². The van der Waals surface area contributed by atoms with Crippen LogP contribution in [0.5, 0.6) is 0 Å². The zero-order valence-electron chi connectivity index (χ0n) is 12.9. The topological polar surface area (TPSA) is 166 Å². The van der Waals surface area contributed by atoms with E-state index in [0.29, 0.717) is 5.69 Å². The Hall–Kier alpha value is -3.32. The fraction of sp³-hybridized carbons (Fsp3) is 0. The van der Waals surface area contributed by atoms with Gasteiger partial charge in [-0.1, -0.05) is 0 Å². The highest BCUT2D eigenvalue weighted by atomic mass is 32.2. The van der Waals surface area contributed by atoms with Crippen LogP contribution in [-0.4, -0.2) is 28.3 Å². The van der Waals surface area contributed by atoms with E-state index in [-0.39, 0.29) is 21.7 Å². The summed E-state index contributed by atoms with van der Waals surface area (Å²) >= 11 is 1.15. The molecule has 3 rings (SSSR count). The van der Waals surface area contributed by atoms with Gasteiger partial charge in [0.1, 0.15) is 6.33 Å². The molecule has 0 aliphatic heterocycles. The average molecular weight is 393 g/mol. The van der Waals surface area contributed by atoms with E-state index < -0.39 is 20.6 Å². The smallest absolute Gasteiger partial charge is 0.353 e. The third-order valence-electron chi connectivity index (χ3n) is 3.11. The highest BCUT2D eigenvalue weighted by molar-refractivity contribution is 7.93. The van der Waals surface area contributed by atoms with Gasteiger partial charge in [0.15, 0.2) is 5.13 Å². The van der Waals surface area contributed by atoms with Crippen molar-refractivity contribution < 1.29 is 13.3 Å².